The number of halogens is 3. The van der Waals surface area contributed by atoms with E-state index in [1.165, 1.54) is 12.1 Å². The van der Waals surface area contributed by atoms with E-state index in [1.54, 1.807) is 10.7 Å². The molecule has 1 aromatic heterocycles. The van der Waals surface area contributed by atoms with Crippen molar-refractivity contribution in [2.45, 2.75) is 19.9 Å². The van der Waals surface area contributed by atoms with Crippen LogP contribution >= 0.6 is 27.5 Å². The monoisotopic (exact) mass is 345 g/mol. The summed E-state index contributed by atoms with van der Waals surface area (Å²) in [4.78, 5) is 0. The molecule has 0 radical (unpaired) electrons. The highest BCUT2D eigenvalue weighted by Crippen LogP contribution is 2.24. The summed E-state index contributed by atoms with van der Waals surface area (Å²) in [6.45, 7) is 2.52. The number of nitrogens with one attached hydrogen (secondary N) is 1. The molecule has 1 aromatic carbocycles. The van der Waals surface area contributed by atoms with E-state index in [9.17, 15) is 4.39 Å². The fraction of sp³-hybridized carbons (Fsp3) is 0.308. The first-order chi connectivity index (χ1) is 9.02. The molecule has 1 heterocycles. The van der Waals surface area contributed by atoms with Crippen LogP contribution in [-0.2, 0) is 20.0 Å². The number of hydrogen-bond donors (Lipinski definition) is 1. The topological polar surface area (TPSA) is 29.9 Å². The number of benzene rings is 1. The third-order valence-electron chi connectivity index (χ3n) is 2.88. The van der Waals surface area contributed by atoms with Gasteiger partial charge in [0.05, 0.1) is 28.1 Å². The molecular weight excluding hydrogens is 333 g/mol. The van der Waals surface area contributed by atoms with Gasteiger partial charge >= 0.3 is 0 Å². The summed E-state index contributed by atoms with van der Waals surface area (Å²) in [6, 6.07) is 4.44. The molecule has 0 spiro atoms. The van der Waals surface area contributed by atoms with E-state index in [0.717, 1.165) is 22.3 Å². The van der Waals surface area contributed by atoms with Crippen LogP contribution in [0.15, 0.2) is 22.7 Å². The van der Waals surface area contributed by atoms with Crippen molar-refractivity contribution in [1.29, 1.82) is 0 Å². The molecule has 0 aliphatic heterocycles. The van der Waals surface area contributed by atoms with Gasteiger partial charge < -0.3 is 5.32 Å². The highest BCUT2D eigenvalue weighted by molar-refractivity contribution is 9.10. The maximum atomic E-state index is 13.6. The first-order valence-corrected chi connectivity index (χ1v) is 7.09. The SMILES string of the molecule is CCc1nn(C)c(CNc2cc(Cl)ccc2F)c1Br. The van der Waals surface area contributed by atoms with Gasteiger partial charge in [-0.1, -0.05) is 18.5 Å². The summed E-state index contributed by atoms with van der Waals surface area (Å²) in [5.41, 5.74) is 2.35. The lowest BCUT2D eigenvalue weighted by Crippen LogP contribution is -2.07. The van der Waals surface area contributed by atoms with Crippen molar-refractivity contribution in [3.05, 3.63) is 44.9 Å². The number of aromatic nitrogens is 2. The van der Waals surface area contributed by atoms with Crippen molar-refractivity contribution in [2.24, 2.45) is 7.05 Å². The summed E-state index contributed by atoms with van der Waals surface area (Å²) in [6.07, 6.45) is 0.847. The zero-order valence-corrected chi connectivity index (χ0v) is 13.0. The molecule has 0 bridgehead atoms. The molecule has 0 saturated carbocycles. The minimum absolute atomic E-state index is 0.321. The minimum Gasteiger partial charge on any atom is -0.377 e. The van der Waals surface area contributed by atoms with Crippen LogP contribution in [-0.4, -0.2) is 9.78 Å². The largest absolute Gasteiger partial charge is 0.377 e. The smallest absolute Gasteiger partial charge is 0.146 e. The Morgan fingerprint density at radius 1 is 1.47 bits per heavy atom. The summed E-state index contributed by atoms with van der Waals surface area (Å²) in [5.74, 6) is -0.321. The molecular formula is C13H14BrClFN3. The second kappa shape index (κ2) is 5.92. The Morgan fingerprint density at radius 2 is 2.21 bits per heavy atom. The van der Waals surface area contributed by atoms with E-state index in [4.69, 9.17) is 11.6 Å². The molecule has 1 N–H and O–H groups in total. The van der Waals surface area contributed by atoms with Crippen molar-refractivity contribution in [3.63, 3.8) is 0 Å². The number of nitrogens with zero attached hydrogens (tertiary/aromatic N) is 2. The van der Waals surface area contributed by atoms with Crippen molar-refractivity contribution >= 4 is 33.2 Å². The van der Waals surface area contributed by atoms with Crippen molar-refractivity contribution in [2.75, 3.05) is 5.32 Å². The Hall–Kier alpha value is -1.07. The van der Waals surface area contributed by atoms with Crippen LogP contribution in [0.3, 0.4) is 0 Å². The molecule has 6 heteroatoms. The quantitative estimate of drug-likeness (QED) is 0.901. The minimum atomic E-state index is -0.321. The Morgan fingerprint density at radius 3 is 2.84 bits per heavy atom. The molecule has 0 atom stereocenters. The Balaban J connectivity index is 2.19. The Kier molecular flexibility index (Phi) is 4.47. The van der Waals surface area contributed by atoms with Gasteiger partial charge in [-0.05, 0) is 40.5 Å². The van der Waals surface area contributed by atoms with Crippen molar-refractivity contribution in [1.82, 2.24) is 9.78 Å². The standard InChI is InChI=1S/C13H14BrClFN3/c1-3-10-13(14)12(19(2)18-10)7-17-11-6-8(15)4-5-9(11)16/h4-6,17H,3,7H2,1-2H3. The lowest BCUT2D eigenvalue weighted by atomic mass is 10.2. The van der Waals surface area contributed by atoms with Crippen LogP contribution in [0.5, 0.6) is 0 Å². The number of rotatable bonds is 4. The maximum Gasteiger partial charge on any atom is 0.146 e. The molecule has 2 aromatic rings. The van der Waals surface area contributed by atoms with E-state index in [-0.39, 0.29) is 5.82 Å². The zero-order valence-electron chi connectivity index (χ0n) is 10.7. The van der Waals surface area contributed by atoms with Gasteiger partial charge in [-0.15, -0.1) is 0 Å². The second-order valence-electron chi connectivity index (χ2n) is 4.16. The number of aryl methyl sites for hydroxylation is 2. The molecule has 0 fully saturated rings. The molecule has 0 amide bonds. The fourth-order valence-corrected chi connectivity index (χ4v) is 2.75. The molecule has 0 unspecified atom stereocenters. The van der Waals surface area contributed by atoms with Crippen LogP contribution in [0.2, 0.25) is 5.02 Å². The first kappa shape index (κ1) is 14.3. The lowest BCUT2D eigenvalue weighted by Gasteiger charge is -2.08. The third kappa shape index (κ3) is 3.09. The van der Waals surface area contributed by atoms with Crippen LogP contribution in [0.25, 0.3) is 0 Å². The van der Waals surface area contributed by atoms with Gasteiger partial charge in [-0.2, -0.15) is 5.10 Å². The molecule has 0 saturated heterocycles. The fourth-order valence-electron chi connectivity index (χ4n) is 1.82. The highest BCUT2D eigenvalue weighted by atomic mass is 79.9. The van der Waals surface area contributed by atoms with Gasteiger partial charge in [0.25, 0.3) is 0 Å². The molecule has 102 valence electrons. The lowest BCUT2D eigenvalue weighted by molar-refractivity contribution is 0.629. The normalized spacial score (nSPS) is 10.8. The predicted octanol–water partition coefficient (Wildman–Crippen LogP) is 4.15. The summed E-state index contributed by atoms with van der Waals surface area (Å²) in [5, 5.41) is 7.93. The average molecular weight is 347 g/mol. The van der Waals surface area contributed by atoms with Gasteiger partial charge in [-0.3, -0.25) is 4.68 Å². The van der Waals surface area contributed by atoms with Crippen LogP contribution in [0, 0.1) is 5.82 Å². The van der Waals surface area contributed by atoms with E-state index in [2.05, 4.69) is 26.3 Å². The van der Waals surface area contributed by atoms with E-state index < -0.39 is 0 Å². The Labute approximate surface area is 124 Å². The summed E-state index contributed by atoms with van der Waals surface area (Å²) >= 11 is 9.38. The van der Waals surface area contributed by atoms with Crippen molar-refractivity contribution in [3.8, 4) is 0 Å². The van der Waals surface area contributed by atoms with Gasteiger partial charge in [-0.25, -0.2) is 4.39 Å². The number of anilines is 1. The van der Waals surface area contributed by atoms with Gasteiger partial charge in [0.15, 0.2) is 0 Å². The second-order valence-corrected chi connectivity index (χ2v) is 5.39. The van der Waals surface area contributed by atoms with E-state index in [0.29, 0.717) is 17.3 Å². The first-order valence-electron chi connectivity index (χ1n) is 5.92. The van der Waals surface area contributed by atoms with Gasteiger partial charge in [0.1, 0.15) is 5.82 Å². The number of hydrogen-bond acceptors (Lipinski definition) is 2. The third-order valence-corrected chi connectivity index (χ3v) is 4.03. The molecule has 0 aliphatic carbocycles. The van der Waals surface area contributed by atoms with Crippen LogP contribution in [0.1, 0.15) is 18.3 Å². The molecule has 19 heavy (non-hydrogen) atoms. The zero-order chi connectivity index (χ0) is 14.0. The maximum absolute atomic E-state index is 13.6. The van der Waals surface area contributed by atoms with E-state index >= 15 is 0 Å². The van der Waals surface area contributed by atoms with Crippen molar-refractivity contribution < 1.29 is 4.39 Å². The highest BCUT2D eigenvalue weighted by Gasteiger charge is 2.12. The van der Waals surface area contributed by atoms with Gasteiger partial charge in [0.2, 0.25) is 0 Å². The van der Waals surface area contributed by atoms with Crippen LogP contribution in [0.4, 0.5) is 10.1 Å². The van der Waals surface area contributed by atoms with Gasteiger partial charge in [0, 0.05) is 12.1 Å². The molecule has 0 aliphatic rings. The molecule has 3 nitrogen and oxygen atoms in total. The predicted molar refractivity (Wildman–Crippen MR) is 79.0 cm³/mol. The average Bonchev–Trinajstić information content (AvgIpc) is 2.66. The van der Waals surface area contributed by atoms with E-state index in [1.807, 2.05) is 14.0 Å². The summed E-state index contributed by atoms with van der Waals surface area (Å²) < 4.78 is 16.3. The van der Waals surface area contributed by atoms with Crippen LogP contribution < -0.4 is 5.32 Å². The Bertz CT molecular complexity index is 598. The summed E-state index contributed by atoms with van der Waals surface area (Å²) in [7, 11) is 1.87. The molecule has 2 rings (SSSR count).